The number of benzene rings is 3. The molecule has 0 bridgehead atoms. The number of amides is 1. The quantitative estimate of drug-likeness (QED) is 0.488. The SMILES string of the molecule is Cc1cccc(C2=NN(C(=O)CN3CCN(c4ccccc4F)CC3)[C@H](c3ccccc3Cl)C2)c1. The minimum absolute atomic E-state index is 0.0584. The number of carbonyl (C=O) groups excluding carboxylic acids is 1. The van der Waals surface area contributed by atoms with E-state index in [1.54, 1.807) is 17.1 Å². The molecule has 3 aromatic rings. The molecule has 1 saturated heterocycles. The number of halogens is 2. The third-order valence-corrected chi connectivity index (χ3v) is 7.05. The Balaban J connectivity index is 1.32. The van der Waals surface area contributed by atoms with E-state index in [0.717, 1.165) is 22.4 Å². The maximum absolute atomic E-state index is 14.2. The molecule has 0 unspecified atom stereocenters. The molecule has 0 spiro atoms. The molecule has 2 aliphatic heterocycles. The summed E-state index contributed by atoms with van der Waals surface area (Å²) in [6.07, 6.45) is 0.611. The number of hydrazone groups is 1. The normalized spacial score (nSPS) is 18.6. The number of hydrogen-bond donors (Lipinski definition) is 0. The smallest absolute Gasteiger partial charge is 0.257 e. The molecule has 0 aliphatic carbocycles. The van der Waals surface area contributed by atoms with Gasteiger partial charge in [0.1, 0.15) is 5.82 Å². The number of anilines is 1. The number of rotatable bonds is 5. The predicted octanol–water partition coefficient (Wildman–Crippen LogP) is 5.29. The summed E-state index contributed by atoms with van der Waals surface area (Å²) >= 11 is 6.54. The first kappa shape index (κ1) is 23.5. The minimum atomic E-state index is -0.244. The zero-order valence-electron chi connectivity index (χ0n) is 19.7. The summed E-state index contributed by atoms with van der Waals surface area (Å²) in [5.41, 5.74) is 4.58. The first-order chi connectivity index (χ1) is 17.0. The average molecular weight is 491 g/mol. The molecule has 5 rings (SSSR count). The molecule has 1 atom stereocenters. The average Bonchev–Trinajstić information content (AvgIpc) is 3.31. The third kappa shape index (κ3) is 5.09. The van der Waals surface area contributed by atoms with Gasteiger partial charge in [-0.15, -0.1) is 0 Å². The second-order valence-electron chi connectivity index (χ2n) is 9.11. The molecule has 0 radical (unpaired) electrons. The fourth-order valence-corrected chi connectivity index (χ4v) is 5.11. The van der Waals surface area contributed by atoms with Crippen molar-refractivity contribution in [3.8, 4) is 0 Å². The van der Waals surface area contributed by atoms with E-state index in [-0.39, 0.29) is 24.3 Å². The predicted molar refractivity (Wildman–Crippen MR) is 138 cm³/mol. The van der Waals surface area contributed by atoms with Crippen LogP contribution in [0, 0.1) is 12.7 Å². The third-order valence-electron chi connectivity index (χ3n) is 6.71. The largest absolute Gasteiger partial charge is 0.367 e. The number of aryl methyl sites for hydroxylation is 1. The second-order valence-corrected chi connectivity index (χ2v) is 9.52. The maximum atomic E-state index is 14.2. The van der Waals surface area contributed by atoms with Crippen molar-refractivity contribution in [1.29, 1.82) is 0 Å². The Morgan fingerprint density at radius 1 is 1.00 bits per heavy atom. The number of carbonyl (C=O) groups is 1. The summed E-state index contributed by atoms with van der Waals surface area (Å²) in [5, 5.41) is 7.04. The van der Waals surface area contributed by atoms with Gasteiger partial charge >= 0.3 is 0 Å². The van der Waals surface area contributed by atoms with Gasteiger partial charge in [0.15, 0.2) is 0 Å². The Morgan fingerprint density at radius 2 is 1.74 bits per heavy atom. The molecule has 35 heavy (non-hydrogen) atoms. The Bertz CT molecular complexity index is 1250. The van der Waals surface area contributed by atoms with Gasteiger partial charge in [-0.05, 0) is 36.2 Å². The van der Waals surface area contributed by atoms with Crippen molar-refractivity contribution in [3.63, 3.8) is 0 Å². The van der Waals surface area contributed by atoms with Crippen molar-refractivity contribution in [2.24, 2.45) is 5.10 Å². The molecule has 7 heteroatoms. The fourth-order valence-electron chi connectivity index (χ4n) is 4.85. The van der Waals surface area contributed by atoms with Gasteiger partial charge < -0.3 is 4.90 Å². The van der Waals surface area contributed by atoms with Gasteiger partial charge in [0, 0.05) is 37.6 Å². The Hall–Kier alpha value is -3.22. The first-order valence-electron chi connectivity index (χ1n) is 11.9. The highest BCUT2D eigenvalue weighted by atomic mass is 35.5. The second kappa shape index (κ2) is 10.2. The lowest BCUT2D eigenvalue weighted by Crippen LogP contribution is -2.49. The molecule has 180 valence electrons. The van der Waals surface area contributed by atoms with Gasteiger partial charge in [-0.1, -0.05) is 71.8 Å². The van der Waals surface area contributed by atoms with E-state index < -0.39 is 0 Å². The minimum Gasteiger partial charge on any atom is -0.367 e. The van der Waals surface area contributed by atoms with Gasteiger partial charge in [0.2, 0.25) is 0 Å². The van der Waals surface area contributed by atoms with Crippen LogP contribution in [0.2, 0.25) is 5.02 Å². The summed E-state index contributed by atoms with van der Waals surface area (Å²) in [4.78, 5) is 17.7. The monoisotopic (exact) mass is 490 g/mol. The van der Waals surface area contributed by atoms with Gasteiger partial charge in [-0.3, -0.25) is 9.69 Å². The molecular formula is C28H28ClFN4O. The van der Waals surface area contributed by atoms with E-state index in [1.807, 2.05) is 47.4 Å². The Morgan fingerprint density at radius 3 is 2.49 bits per heavy atom. The Kier molecular flexibility index (Phi) is 6.84. The molecular weight excluding hydrogens is 463 g/mol. The summed E-state index contributed by atoms with van der Waals surface area (Å²) in [7, 11) is 0. The van der Waals surface area contributed by atoms with Crippen molar-refractivity contribution in [2.45, 2.75) is 19.4 Å². The molecule has 2 heterocycles. The Labute approximate surface area is 210 Å². The lowest BCUT2D eigenvalue weighted by atomic mass is 9.97. The number of para-hydroxylation sites is 1. The highest BCUT2D eigenvalue weighted by molar-refractivity contribution is 6.31. The van der Waals surface area contributed by atoms with Crippen LogP contribution >= 0.6 is 11.6 Å². The standard InChI is InChI=1S/C28H28ClFN4O/c1-20-7-6-8-21(17-20)25-18-27(22-9-2-3-10-23(22)29)34(31-25)28(35)19-32-13-15-33(16-14-32)26-12-5-4-11-24(26)30/h2-12,17,27H,13-16,18-19H2,1H3/t27-/m0/s1. The van der Waals surface area contributed by atoms with Crippen LogP contribution in [-0.2, 0) is 4.79 Å². The van der Waals surface area contributed by atoms with E-state index in [9.17, 15) is 9.18 Å². The number of hydrogen-bond acceptors (Lipinski definition) is 4. The number of piperazine rings is 1. The summed E-state index contributed by atoms with van der Waals surface area (Å²) in [6.45, 7) is 5.00. The van der Waals surface area contributed by atoms with Crippen LogP contribution in [0.4, 0.5) is 10.1 Å². The molecule has 1 amide bonds. The van der Waals surface area contributed by atoms with Gasteiger partial charge in [-0.2, -0.15) is 5.10 Å². The molecule has 0 N–H and O–H groups in total. The zero-order valence-corrected chi connectivity index (χ0v) is 20.5. The van der Waals surface area contributed by atoms with Crippen molar-refractivity contribution < 1.29 is 9.18 Å². The summed E-state index contributed by atoms with van der Waals surface area (Å²) in [5.74, 6) is -0.272. The summed E-state index contributed by atoms with van der Waals surface area (Å²) < 4.78 is 14.2. The van der Waals surface area contributed by atoms with E-state index in [1.165, 1.54) is 6.07 Å². The van der Waals surface area contributed by atoms with E-state index in [2.05, 4.69) is 24.0 Å². The zero-order chi connectivity index (χ0) is 24.4. The molecule has 1 fully saturated rings. The van der Waals surface area contributed by atoms with Crippen molar-refractivity contribution in [1.82, 2.24) is 9.91 Å². The van der Waals surface area contributed by atoms with Gasteiger partial charge in [0.25, 0.3) is 5.91 Å². The van der Waals surface area contributed by atoms with Crippen molar-refractivity contribution >= 4 is 28.9 Å². The topological polar surface area (TPSA) is 39.2 Å². The highest BCUT2D eigenvalue weighted by Crippen LogP contribution is 2.36. The maximum Gasteiger partial charge on any atom is 0.257 e. The lowest BCUT2D eigenvalue weighted by Gasteiger charge is -2.36. The van der Waals surface area contributed by atoms with Crippen molar-refractivity contribution in [2.75, 3.05) is 37.6 Å². The first-order valence-corrected chi connectivity index (χ1v) is 12.3. The molecule has 2 aliphatic rings. The van der Waals surface area contributed by atoms with Gasteiger partial charge in [0.05, 0.1) is 24.0 Å². The van der Waals surface area contributed by atoms with E-state index in [4.69, 9.17) is 16.7 Å². The van der Waals surface area contributed by atoms with Crippen LogP contribution in [-0.4, -0.2) is 54.3 Å². The molecule has 0 saturated carbocycles. The van der Waals surface area contributed by atoms with Crippen LogP contribution in [0.15, 0.2) is 77.9 Å². The van der Waals surface area contributed by atoms with Gasteiger partial charge in [-0.25, -0.2) is 9.40 Å². The number of nitrogens with zero attached hydrogens (tertiary/aromatic N) is 4. The lowest BCUT2D eigenvalue weighted by molar-refractivity contribution is -0.134. The van der Waals surface area contributed by atoms with Crippen LogP contribution in [0.1, 0.15) is 29.2 Å². The van der Waals surface area contributed by atoms with Crippen LogP contribution in [0.5, 0.6) is 0 Å². The van der Waals surface area contributed by atoms with Crippen molar-refractivity contribution in [3.05, 3.63) is 100 Å². The molecule has 0 aromatic heterocycles. The van der Waals surface area contributed by atoms with E-state index in [0.29, 0.717) is 43.3 Å². The summed E-state index contributed by atoms with van der Waals surface area (Å²) in [6, 6.07) is 22.4. The van der Waals surface area contributed by atoms with Crippen LogP contribution in [0.3, 0.4) is 0 Å². The highest BCUT2D eigenvalue weighted by Gasteiger charge is 2.35. The van der Waals surface area contributed by atoms with Crippen LogP contribution in [0.25, 0.3) is 0 Å². The molecule has 3 aromatic carbocycles. The van der Waals surface area contributed by atoms with E-state index >= 15 is 0 Å². The molecule has 5 nitrogen and oxygen atoms in total. The fraction of sp³-hybridized carbons (Fsp3) is 0.286. The van der Waals surface area contributed by atoms with Crippen LogP contribution < -0.4 is 4.90 Å².